The molecule has 90 valence electrons. The molecule has 1 N–H and O–H groups in total. The first-order chi connectivity index (χ1) is 8.22. The third-order valence-electron chi connectivity index (χ3n) is 2.37. The number of carbonyl (C=O) groups excluding carboxylic acids is 1. The van der Waals surface area contributed by atoms with Crippen molar-refractivity contribution in [2.75, 3.05) is 21.0 Å². The zero-order valence-corrected chi connectivity index (χ0v) is 9.65. The van der Waals surface area contributed by atoms with E-state index >= 15 is 0 Å². The SMILES string of the molecule is COc1cc(/C=C2/NCOC2=O)cc(OC)c1. The van der Waals surface area contributed by atoms with Crippen LogP contribution in [-0.4, -0.2) is 26.9 Å². The Kier molecular flexibility index (Phi) is 3.18. The molecule has 1 aliphatic rings. The molecule has 1 aromatic carbocycles. The van der Waals surface area contributed by atoms with Crippen LogP contribution in [0.1, 0.15) is 5.56 Å². The van der Waals surface area contributed by atoms with Gasteiger partial charge in [-0.2, -0.15) is 0 Å². The highest BCUT2D eigenvalue weighted by atomic mass is 16.6. The van der Waals surface area contributed by atoms with Crippen LogP contribution in [0.3, 0.4) is 0 Å². The molecule has 5 heteroatoms. The number of carbonyl (C=O) groups is 1. The molecule has 2 rings (SSSR count). The molecule has 0 bridgehead atoms. The summed E-state index contributed by atoms with van der Waals surface area (Å²) in [6.07, 6.45) is 1.69. The number of methoxy groups -OCH3 is 2. The molecular weight excluding hydrogens is 222 g/mol. The number of hydrogen-bond acceptors (Lipinski definition) is 5. The maximum Gasteiger partial charge on any atom is 0.356 e. The van der Waals surface area contributed by atoms with Crippen LogP contribution in [0.5, 0.6) is 11.5 Å². The van der Waals surface area contributed by atoms with Gasteiger partial charge in [0.2, 0.25) is 0 Å². The standard InChI is InChI=1S/C12H13NO4/c1-15-9-3-8(4-10(6-9)16-2)5-11-12(14)17-7-13-11/h3-6,13H,7H2,1-2H3/b11-5+. The molecule has 0 saturated carbocycles. The van der Waals surface area contributed by atoms with Crippen LogP contribution in [0.15, 0.2) is 23.9 Å². The van der Waals surface area contributed by atoms with Crippen molar-refractivity contribution in [3.05, 3.63) is 29.5 Å². The average molecular weight is 235 g/mol. The molecule has 0 unspecified atom stereocenters. The van der Waals surface area contributed by atoms with E-state index in [0.29, 0.717) is 17.2 Å². The summed E-state index contributed by atoms with van der Waals surface area (Å²) in [5.74, 6) is 0.983. The van der Waals surface area contributed by atoms with E-state index in [9.17, 15) is 4.79 Å². The first kappa shape index (κ1) is 11.3. The molecule has 1 aromatic rings. The number of cyclic esters (lactones) is 1. The monoisotopic (exact) mass is 235 g/mol. The molecule has 0 radical (unpaired) electrons. The molecule has 0 aromatic heterocycles. The summed E-state index contributed by atoms with van der Waals surface area (Å²) < 4.78 is 15.1. The van der Waals surface area contributed by atoms with Crippen molar-refractivity contribution < 1.29 is 19.0 Å². The van der Waals surface area contributed by atoms with Crippen LogP contribution < -0.4 is 14.8 Å². The van der Waals surface area contributed by atoms with Gasteiger partial charge in [0.15, 0.2) is 6.73 Å². The Balaban J connectivity index is 2.34. The van der Waals surface area contributed by atoms with Crippen molar-refractivity contribution in [3.8, 4) is 11.5 Å². The first-order valence-electron chi connectivity index (χ1n) is 5.08. The Morgan fingerprint density at radius 3 is 2.35 bits per heavy atom. The molecule has 17 heavy (non-hydrogen) atoms. The van der Waals surface area contributed by atoms with Gasteiger partial charge in [0, 0.05) is 6.07 Å². The van der Waals surface area contributed by atoms with E-state index in [2.05, 4.69) is 5.32 Å². The summed E-state index contributed by atoms with van der Waals surface area (Å²) >= 11 is 0. The van der Waals surface area contributed by atoms with Gasteiger partial charge in [0.1, 0.15) is 17.2 Å². The highest BCUT2D eigenvalue weighted by Gasteiger charge is 2.17. The van der Waals surface area contributed by atoms with Crippen molar-refractivity contribution in [1.82, 2.24) is 5.32 Å². The van der Waals surface area contributed by atoms with Crippen LogP contribution in [0.25, 0.3) is 6.08 Å². The fraction of sp³-hybridized carbons (Fsp3) is 0.250. The second-order valence-corrected chi connectivity index (χ2v) is 3.46. The number of nitrogens with one attached hydrogen (secondary N) is 1. The number of ether oxygens (including phenoxy) is 3. The Bertz CT molecular complexity index is 445. The maximum absolute atomic E-state index is 11.3. The Hall–Kier alpha value is -2.17. The molecule has 1 aliphatic heterocycles. The fourth-order valence-corrected chi connectivity index (χ4v) is 1.52. The largest absolute Gasteiger partial charge is 0.497 e. The van der Waals surface area contributed by atoms with Gasteiger partial charge in [0.05, 0.1) is 14.2 Å². The molecule has 5 nitrogen and oxygen atoms in total. The topological polar surface area (TPSA) is 56.8 Å². The van der Waals surface area contributed by atoms with Crippen molar-refractivity contribution in [2.24, 2.45) is 0 Å². The van der Waals surface area contributed by atoms with Crippen molar-refractivity contribution in [1.29, 1.82) is 0 Å². The van der Waals surface area contributed by atoms with Crippen LogP contribution in [0.4, 0.5) is 0 Å². The summed E-state index contributed by atoms with van der Waals surface area (Å²) in [7, 11) is 3.15. The summed E-state index contributed by atoms with van der Waals surface area (Å²) in [6, 6.07) is 5.38. The van der Waals surface area contributed by atoms with E-state index in [1.54, 1.807) is 26.4 Å². The third-order valence-corrected chi connectivity index (χ3v) is 2.37. The van der Waals surface area contributed by atoms with Crippen molar-refractivity contribution in [2.45, 2.75) is 0 Å². The Morgan fingerprint density at radius 1 is 1.24 bits per heavy atom. The fourth-order valence-electron chi connectivity index (χ4n) is 1.52. The zero-order chi connectivity index (χ0) is 12.3. The van der Waals surface area contributed by atoms with Crippen molar-refractivity contribution in [3.63, 3.8) is 0 Å². The lowest BCUT2D eigenvalue weighted by Gasteiger charge is -2.06. The van der Waals surface area contributed by atoms with Gasteiger partial charge in [-0.05, 0) is 23.8 Å². The molecular formula is C12H13NO4. The summed E-state index contributed by atoms with van der Waals surface area (Å²) in [4.78, 5) is 11.3. The minimum atomic E-state index is -0.355. The second-order valence-electron chi connectivity index (χ2n) is 3.46. The third kappa shape index (κ3) is 2.50. The number of hydrogen-bond donors (Lipinski definition) is 1. The van der Waals surface area contributed by atoms with E-state index in [0.717, 1.165) is 5.56 Å². The van der Waals surface area contributed by atoms with Crippen LogP contribution in [0.2, 0.25) is 0 Å². The zero-order valence-electron chi connectivity index (χ0n) is 9.65. The lowest BCUT2D eigenvalue weighted by atomic mass is 10.1. The van der Waals surface area contributed by atoms with E-state index in [1.807, 2.05) is 12.1 Å². The highest BCUT2D eigenvalue weighted by Crippen LogP contribution is 2.24. The second kappa shape index (κ2) is 4.78. The molecule has 0 atom stereocenters. The van der Waals surface area contributed by atoms with Gasteiger partial charge in [-0.25, -0.2) is 4.79 Å². The molecule has 0 spiro atoms. The highest BCUT2D eigenvalue weighted by molar-refractivity contribution is 5.94. The summed E-state index contributed by atoms with van der Waals surface area (Å²) in [6.45, 7) is 0.214. The molecule has 0 aliphatic carbocycles. The molecule has 1 heterocycles. The summed E-state index contributed by atoms with van der Waals surface area (Å²) in [5.41, 5.74) is 1.24. The van der Waals surface area contributed by atoms with Gasteiger partial charge >= 0.3 is 5.97 Å². The lowest BCUT2D eigenvalue weighted by Crippen LogP contribution is -2.06. The number of rotatable bonds is 3. The van der Waals surface area contributed by atoms with Crippen molar-refractivity contribution >= 4 is 12.0 Å². The normalized spacial score (nSPS) is 16.6. The first-order valence-corrected chi connectivity index (χ1v) is 5.08. The van der Waals surface area contributed by atoms with Gasteiger partial charge in [-0.15, -0.1) is 0 Å². The number of esters is 1. The maximum atomic E-state index is 11.3. The van der Waals surface area contributed by atoms with Crippen LogP contribution in [-0.2, 0) is 9.53 Å². The van der Waals surface area contributed by atoms with Gasteiger partial charge < -0.3 is 19.5 Å². The molecule has 1 fully saturated rings. The predicted octanol–water partition coefficient (Wildman–Crippen LogP) is 1.15. The van der Waals surface area contributed by atoms with Crippen LogP contribution in [0, 0.1) is 0 Å². The lowest BCUT2D eigenvalue weighted by molar-refractivity contribution is -0.135. The smallest absolute Gasteiger partial charge is 0.356 e. The molecule has 0 amide bonds. The Labute approximate surface area is 99.0 Å². The predicted molar refractivity (Wildman–Crippen MR) is 61.6 cm³/mol. The van der Waals surface area contributed by atoms with Gasteiger partial charge in [-0.3, -0.25) is 0 Å². The number of benzene rings is 1. The average Bonchev–Trinajstić information content (AvgIpc) is 2.74. The Morgan fingerprint density at radius 2 is 1.88 bits per heavy atom. The minimum absolute atomic E-state index is 0.214. The minimum Gasteiger partial charge on any atom is -0.497 e. The van der Waals surface area contributed by atoms with E-state index in [1.165, 1.54) is 0 Å². The van der Waals surface area contributed by atoms with Gasteiger partial charge in [-0.1, -0.05) is 0 Å². The quantitative estimate of drug-likeness (QED) is 0.629. The van der Waals surface area contributed by atoms with E-state index < -0.39 is 0 Å². The van der Waals surface area contributed by atoms with E-state index in [4.69, 9.17) is 14.2 Å². The van der Waals surface area contributed by atoms with Crippen LogP contribution >= 0.6 is 0 Å². The van der Waals surface area contributed by atoms with Gasteiger partial charge in [0.25, 0.3) is 0 Å². The molecule has 1 saturated heterocycles. The van der Waals surface area contributed by atoms with E-state index in [-0.39, 0.29) is 12.7 Å². The summed E-state index contributed by atoms with van der Waals surface area (Å²) in [5, 5.41) is 2.84.